The zero-order valence-electron chi connectivity index (χ0n) is 10.0. The fraction of sp³-hybridized carbons (Fsp3) is 0.417. The highest BCUT2D eigenvalue weighted by molar-refractivity contribution is 9.09. The molecular formula is C12H14BrF3N2O. The first-order valence-electron chi connectivity index (χ1n) is 5.61. The fourth-order valence-corrected chi connectivity index (χ4v) is 2.32. The molecule has 0 saturated heterocycles. The molecule has 1 unspecified atom stereocenters. The van der Waals surface area contributed by atoms with E-state index in [0.29, 0.717) is 17.3 Å². The molecule has 1 aromatic rings. The van der Waals surface area contributed by atoms with E-state index in [1.165, 1.54) is 6.07 Å². The van der Waals surface area contributed by atoms with Gasteiger partial charge < -0.3 is 0 Å². The summed E-state index contributed by atoms with van der Waals surface area (Å²) in [6.45, 7) is 0. The smallest absolute Gasteiger partial charge is 0.294 e. The molecule has 0 aliphatic rings. The lowest BCUT2D eigenvalue weighted by Crippen LogP contribution is -2.31. The Hall–Kier alpha value is -1.08. The molecule has 1 rings (SSSR count). The highest BCUT2D eigenvalue weighted by Crippen LogP contribution is 2.32. The summed E-state index contributed by atoms with van der Waals surface area (Å²) in [4.78, 5) is 11.3. The number of nitrogens with two attached hydrogens (primary N) is 1. The summed E-state index contributed by atoms with van der Waals surface area (Å²) in [5.41, 5.74) is 1.77. The van der Waals surface area contributed by atoms with Crippen molar-refractivity contribution in [1.82, 2.24) is 5.43 Å². The Morgan fingerprint density at radius 1 is 1.42 bits per heavy atom. The first kappa shape index (κ1) is 16.0. The van der Waals surface area contributed by atoms with Crippen LogP contribution < -0.4 is 11.3 Å². The van der Waals surface area contributed by atoms with Crippen LogP contribution in [0, 0.1) is 0 Å². The standard InChI is InChI=1S/C12H14BrF3N2O/c13-5-4-9(7-11(19)18-17)8-2-1-3-10(6-8)12(14,15)16/h1-3,6,9H,4-5,7,17H2,(H,18,19). The van der Waals surface area contributed by atoms with Crippen molar-refractivity contribution in [2.24, 2.45) is 5.84 Å². The molecule has 0 radical (unpaired) electrons. The van der Waals surface area contributed by atoms with E-state index in [9.17, 15) is 18.0 Å². The molecule has 0 spiro atoms. The van der Waals surface area contributed by atoms with Crippen LogP contribution in [0.15, 0.2) is 24.3 Å². The quantitative estimate of drug-likeness (QED) is 0.375. The number of rotatable bonds is 5. The van der Waals surface area contributed by atoms with Crippen molar-refractivity contribution < 1.29 is 18.0 Å². The average molecular weight is 339 g/mol. The number of amides is 1. The predicted octanol–water partition coefficient (Wildman–Crippen LogP) is 2.95. The third-order valence-corrected chi connectivity index (χ3v) is 3.19. The monoisotopic (exact) mass is 338 g/mol. The van der Waals surface area contributed by atoms with Crippen LogP contribution in [-0.2, 0) is 11.0 Å². The molecule has 19 heavy (non-hydrogen) atoms. The van der Waals surface area contributed by atoms with Gasteiger partial charge in [-0.05, 0) is 24.0 Å². The van der Waals surface area contributed by atoms with Crippen molar-refractivity contribution >= 4 is 21.8 Å². The molecule has 0 saturated carbocycles. The van der Waals surface area contributed by atoms with Crippen LogP contribution in [-0.4, -0.2) is 11.2 Å². The zero-order chi connectivity index (χ0) is 14.5. The second-order valence-corrected chi connectivity index (χ2v) is 4.86. The molecule has 1 atom stereocenters. The summed E-state index contributed by atoms with van der Waals surface area (Å²) >= 11 is 3.23. The first-order valence-corrected chi connectivity index (χ1v) is 6.73. The minimum Gasteiger partial charge on any atom is -0.294 e. The molecule has 0 aromatic heterocycles. The number of carbonyl (C=O) groups excluding carboxylic acids is 1. The van der Waals surface area contributed by atoms with Gasteiger partial charge in [-0.3, -0.25) is 10.2 Å². The highest BCUT2D eigenvalue weighted by Gasteiger charge is 2.31. The molecule has 1 amide bonds. The van der Waals surface area contributed by atoms with E-state index in [1.54, 1.807) is 6.07 Å². The summed E-state index contributed by atoms with van der Waals surface area (Å²) in [5.74, 6) is 4.30. The van der Waals surface area contributed by atoms with Gasteiger partial charge in [-0.25, -0.2) is 5.84 Å². The van der Waals surface area contributed by atoms with Crippen LogP contribution >= 0.6 is 15.9 Å². The van der Waals surface area contributed by atoms with Crippen molar-refractivity contribution in [3.8, 4) is 0 Å². The molecule has 3 N–H and O–H groups in total. The number of halogens is 4. The van der Waals surface area contributed by atoms with Gasteiger partial charge in [0.2, 0.25) is 5.91 Å². The van der Waals surface area contributed by atoms with Crippen LogP contribution in [0.1, 0.15) is 29.9 Å². The molecule has 0 aliphatic heterocycles. The Morgan fingerprint density at radius 2 is 2.11 bits per heavy atom. The maximum absolute atomic E-state index is 12.6. The van der Waals surface area contributed by atoms with Crippen molar-refractivity contribution in [2.75, 3.05) is 5.33 Å². The summed E-state index contributed by atoms with van der Waals surface area (Å²) in [7, 11) is 0. The predicted molar refractivity (Wildman–Crippen MR) is 69.5 cm³/mol. The molecule has 0 heterocycles. The molecule has 0 bridgehead atoms. The van der Waals surface area contributed by atoms with Crippen LogP contribution in [0.2, 0.25) is 0 Å². The molecule has 0 fully saturated rings. The van der Waals surface area contributed by atoms with Crippen LogP contribution in [0.3, 0.4) is 0 Å². The average Bonchev–Trinajstić information content (AvgIpc) is 2.37. The Kier molecular flexibility index (Phi) is 5.81. The molecule has 1 aromatic carbocycles. The van der Waals surface area contributed by atoms with Gasteiger partial charge in [-0.2, -0.15) is 13.2 Å². The van der Waals surface area contributed by atoms with Crippen LogP contribution in [0.4, 0.5) is 13.2 Å². The number of alkyl halides is 4. The molecule has 3 nitrogen and oxygen atoms in total. The minimum absolute atomic E-state index is 0.0589. The van der Waals surface area contributed by atoms with Gasteiger partial charge in [0.1, 0.15) is 0 Å². The van der Waals surface area contributed by atoms with Crippen LogP contribution in [0.25, 0.3) is 0 Å². The largest absolute Gasteiger partial charge is 0.416 e. The van der Waals surface area contributed by atoms with Crippen molar-refractivity contribution in [1.29, 1.82) is 0 Å². The minimum atomic E-state index is -4.38. The zero-order valence-corrected chi connectivity index (χ0v) is 11.6. The normalized spacial score (nSPS) is 13.1. The van der Waals surface area contributed by atoms with Gasteiger partial charge in [0.25, 0.3) is 0 Å². The van der Waals surface area contributed by atoms with Crippen molar-refractivity contribution in [2.45, 2.75) is 24.9 Å². The molecular weight excluding hydrogens is 325 g/mol. The highest BCUT2D eigenvalue weighted by atomic mass is 79.9. The third kappa shape index (κ3) is 4.83. The second kappa shape index (κ2) is 6.91. The van der Waals surface area contributed by atoms with E-state index < -0.39 is 17.6 Å². The van der Waals surface area contributed by atoms with Crippen molar-refractivity contribution in [3.63, 3.8) is 0 Å². The number of hydrogen-bond acceptors (Lipinski definition) is 2. The number of benzene rings is 1. The molecule has 7 heteroatoms. The Labute approximate surface area is 117 Å². The third-order valence-electron chi connectivity index (χ3n) is 2.74. The second-order valence-electron chi connectivity index (χ2n) is 4.07. The fourth-order valence-electron chi connectivity index (χ4n) is 1.77. The summed E-state index contributed by atoms with van der Waals surface area (Å²) in [5, 5.41) is 0.589. The number of hydrogen-bond donors (Lipinski definition) is 2. The van der Waals surface area contributed by atoms with Gasteiger partial charge in [0.15, 0.2) is 0 Å². The first-order chi connectivity index (χ1) is 8.88. The summed E-state index contributed by atoms with van der Waals surface area (Å²) in [6.07, 6.45) is -3.77. The van der Waals surface area contributed by atoms with E-state index in [0.717, 1.165) is 12.1 Å². The Balaban J connectivity index is 2.99. The van der Waals surface area contributed by atoms with Gasteiger partial charge in [-0.15, -0.1) is 0 Å². The van der Waals surface area contributed by atoms with Gasteiger partial charge >= 0.3 is 6.18 Å². The van der Waals surface area contributed by atoms with E-state index in [1.807, 2.05) is 5.43 Å². The number of carbonyl (C=O) groups is 1. The van der Waals surface area contributed by atoms with Gasteiger partial charge in [-0.1, -0.05) is 34.1 Å². The Bertz CT molecular complexity index is 437. The number of hydrazine groups is 1. The van der Waals surface area contributed by atoms with E-state index >= 15 is 0 Å². The lowest BCUT2D eigenvalue weighted by Gasteiger charge is -2.17. The summed E-state index contributed by atoms with van der Waals surface area (Å²) < 4.78 is 37.9. The van der Waals surface area contributed by atoms with Crippen molar-refractivity contribution in [3.05, 3.63) is 35.4 Å². The summed E-state index contributed by atoms with van der Waals surface area (Å²) in [6, 6.07) is 5.03. The maximum Gasteiger partial charge on any atom is 0.416 e. The van der Waals surface area contributed by atoms with Gasteiger partial charge in [0, 0.05) is 11.8 Å². The SMILES string of the molecule is NNC(=O)CC(CCBr)c1cccc(C(F)(F)F)c1. The topological polar surface area (TPSA) is 55.1 Å². The van der Waals surface area contributed by atoms with E-state index in [4.69, 9.17) is 5.84 Å². The number of nitrogens with one attached hydrogen (secondary N) is 1. The van der Waals surface area contributed by atoms with E-state index in [-0.39, 0.29) is 12.3 Å². The lowest BCUT2D eigenvalue weighted by atomic mass is 9.91. The van der Waals surface area contributed by atoms with Crippen LogP contribution in [0.5, 0.6) is 0 Å². The molecule has 0 aliphatic carbocycles. The lowest BCUT2D eigenvalue weighted by molar-refractivity contribution is -0.137. The molecule has 106 valence electrons. The Morgan fingerprint density at radius 3 is 2.63 bits per heavy atom. The van der Waals surface area contributed by atoms with Gasteiger partial charge in [0.05, 0.1) is 5.56 Å². The maximum atomic E-state index is 12.6. The van der Waals surface area contributed by atoms with E-state index in [2.05, 4.69) is 15.9 Å².